The molecule has 112 valence electrons. The topological polar surface area (TPSA) is 60.8 Å². The summed E-state index contributed by atoms with van der Waals surface area (Å²) in [6, 6.07) is 5.64. The van der Waals surface area contributed by atoms with E-state index >= 15 is 0 Å². The molecule has 0 spiro atoms. The average Bonchev–Trinajstić information content (AvgIpc) is 2.49. The molecule has 0 aromatic heterocycles. The monoisotopic (exact) mass is 287 g/mol. The van der Waals surface area contributed by atoms with Crippen molar-refractivity contribution in [1.29, 1.82) is 0 Å². The predicted octanol–water partition coefficient (Wildman–Crippen LogP) is 1.33. The van der Waals surface area contributed by atoms with E-state index in [9.17, 15) is 9.90 Å². The number of aliphatic hydroxyl groups is 2. The van der Waals surface area contributed by atoms with Crippen LogP contribution in [0.15, 0.2) is 18.2 Å². The molecule has 1 heterocycles. The minimum absolute atomic E-state index is 0.0200. The van der Waals surface area contributed by atoms with E-state index in [-0.39, 0.29) is 18.6 Å². The number of aryl methyl sites for hydroxylation is 1. The number of likely N-dealkylation sites (tertiary alicyclic amines) is 1. The number of benzene rings is 1. The van der Waals surface area contributed by atoms with Crippen LogP contribution >= 0.6 is 0 Å². The molecule has 4 heteroatoms. The van der Waals surface area contributed by atoms with Gasteiger partial charge in [0.1, 0.15) is 0 Å². The summed E-state index contributed by atoms with van der Waals surface area (Å²) in [5, 5.41) is 18.3. The fourth-order valence-corrected chi connectivity index (χ4v) is 2.40. The predicted molar refractivity (Wildman–Crippen MR) is 80.9 cm³/mol. The molecule has 1 saturated heterocycles. The van der Waals surface area contributed by atoms with E-state index in [4.69, 9.17) is 5.11 Å². The molecule has 1 aliphatic heterocycles. The lowest BCUT2D eigenvalue weighted by Gasteiger charge is -2.30. The van der Waals surface area contributed by atoms with Crippen LogP contribution in [0.25, 0.3) is 0 Å². The largest absolute Gasteiger partial charge is 0.395 e. The van der Waals surface area contributed by atoms with Crippen LogP contribution in [0.2, 0.25) is 0 Å². The number of hydrogen-bond donors (Lipinski definition) is 2. The molecular weight excluding hydrogens is 266 g/mol. The molecule has 1 aromatic rings. The second-order valence-corrected chi connectivity index (χ2v) is 5.35. The molecule has 0 saturated carbocycles. The Morgan fingerprint density at radius 1 is 1.38 bits per heavy atom. The van der Waals surface area contributed by atoms with Gasteiger partial charge in [0.2, 0.25) is 0 Å². The molecule has 2 N–H and O–H groups in total. The van der Waals surface area contributed by atoms with Crippen LogP contribution in [-0.4, -0.2) is 46.8 Å². The van der Waals surface area contributed by atoms with Crippen LogP contribution in [0.4, 0.5) is 0 Å². The zero-order valence-electron chi connectivity index (χ0n) is 12.3. The molecule has 1 fully saturated rings. The van der Waals surface area contributed by atoms with Gasteiger partial charge < -0.3 is 15.1 Å². The smallest absolute Gasteiger partial charge is 0.255 e. The molecule has 1 aromatic carbocycles. The van der Waals surface area contributed by atoms with Crippen molar-refractivity contribution in [2.24, 2.45) is 0 Å². The lowest BCUT2D eigenvalue weighted by Crippen LogP contribution is -2.40. The van der Waals surface area contributed by atoms with Crippen LogP contribution in [0.5, 0.6) is 0 Å². The Kier molecular flexibility index (Phi) is 5.38. The van der Waals surface area contributed by atoms with Crippen LogP contribution in [0.3, 0.4) is 0 Å². The Labute approximate surface area is 125 Å². The van der Waals surface area contributed by atoms with Crippen molar-refractivity contribution in [3.05, 3.63) is 34.9 Å². The highest BCUT2D eigenvalue weighted by Crippen LogP contribution is 2.17. The summed E-state index contributed by atoms with van der Waals surface area (Å²) in [4.78, 5) is 14.4. The maximum atomic E-state index is 12.6. The molecule has 21 heavy (non-hydrogen) atoms. The summed E-state index contributed by atoms with van der Waals surface area (Å²) in [5.74, 6) is 5.80. The summed E-state index contributed by atoms with van der Waals surface area (Å²) in [5.41, 5.74) is 2.32. The molecule has 0 atom stereocenters. The number of hydrogen-bond acceptors (Lipinski definition) is 3. The van der Waals surface area contributed by atoms with E-state index in [1.807, 2.05) is 25.1 Å². The Bertz CT molecular complexity index is 563. The molecule has 0 radical (unpaired) electrons. The van der Waals surface area contributed by atoms with Gasteiger partial charge in [0.05, 0.1) is 18.3 Å². The SMILES string of the molecule is Cc1ccc(C#CCCO)c(C(=O)N2CCC(O)CC2)c1. The lowest BCUT2D eigenvalue weighted by atomic mass is 10.0. The third-order valence-corrected chi connectivity index (χ3v) is 3.62. The molecule has 1 amide bonds. The van der Waals surface area contributed by atoms with Gasteiger partial charge in [0, 0.05) is 25.1 Å². The minimum Gasteiger partial charge on any atom is -0.395 e. The van der Waals surface area contributed by atoms with E-state index < -0.39 is 0 Å². The Balaban J connectivity index is 2.23. The number of piperidine rings is 1. The molecular formula is C17H21NO3. The average molecular weight is 287 g/mol. The number of rotatable bonds is 2. The van der Waals surface area contributed by atoms with Crippen molar-refractivity contribution in [2.45, 2.75) is 32.3 Å². The van der Waals surface area contributed by atoms with Gasteiger partial charge in [-0.05, 0) is 31.9 Å². The van der Waals surface area contributed by atoms with Gasteiger partial charge in [0.25, 0.3) is 5.91 Å². The molecule has 2 rings (SSSR count). The number of nitrogens with zero attached hydrogens (tertiary/aromatic N) is 1. The van der Waals surface area contributed by atoms with Gasteiger partial charge in [-0.1, -0.05) is 23.5 Å². The van der Waals surface area contributed by atoms with Crippen LogP contribution in [-0.2, 0) is 0 Å². The van der Waals surface area contributed by atoms with Crippen LogP contribution < -0.4 is 0 Å². The number of carbonyl (C=O) groups is 1. The van der Waals surface area contributed by atoms with Crippen molar-refractivity contribution >= 4 is 5.91 Å². The fraction of sp³-hybridized carbons (Fsp3) is 0.471. The molecule has 1 aliphatic rings. The summed E-state index contributed by atoms with van der Waals surface area (Å²) >= 11 is 0. The summed E-state index contributed by atoms with van der Waals surface area (Å²) in [7, 11) is 0. The second kappa shape index (κ2) is 7.26. The van der Waals surface area contributed by atoms with Gasteiger partial charge >= 0.3 is 0 Å². The van der Waals surface area contributed by atoms with E-state index in [0.717, 1.165) is 5.56 Å². The maximum Gasteiger partial charge on any atom is 0.255 e. The van der Waals surface area contributed by atoms with Gasteiger partial charge in [-0.3, -0.25) is 4.79 Å². The van der Waals surface area contributed by atoms with Crippen molar-refractivity contribution in [3.8, 4) is 11.8 Å². The lowest BCUT2D eigenvalue weighted by molar-refractivity contribution is 0.0546. The minimum atomic E-state index is -0.296. The highest BCUT2D eigenvalue weighted by atomic mass is 16.3. The highest BCUT2D eigenvalue weighted by molar-refractivity contribution is 5.97. The highest BCUT2D eigenvalue weighted by Gasteiger charge is 2.23. The molecule has 0 bridgehead atoms. The summed E-state index contributed by atoms with van der Waals surface area (Å²) < 4.78 is 0. The van der Waals surface area contributed by atoms with Crippen molar-refractivity contribution in [2.75, 3.05) is 19.7 Å². The van der Waals surface area contributed by atoms with E-state index in [1.165, 1.54) is 0 Å². The summed E-state index contributed by atoms with van der Waals surface area (Å²) in [6.07, 6.45) is 1.36. The Morgan fingerprint density at radius 2 is 2.10 bits per heavy atom. The Morgan fingerprint density at radius 3 is 2.76 bits per heavy atom. The van der Waals surface area contributed by atoms with Crippen LogP contribution in [0, 0.1) is 18.8 Å². The molecule has 0 aliphatic carbocycles. The van der Waals surface area contributed by atoms with Gasteiger partial charge in [0.15, 0.2) is 0 Å². The molecule has 4 nitrogen and oxygen atoms in total. The van der Waals surface area contributed by atoms with E-state index in [1.54, 1.807) is 4.90 Å². The van der Waals surface area contributed by atoms with E-state index in [2.05, 4.69) is 11.8 Å². The van der Waals surface area contributed by atoms with Crippen LogP contribution in [0.1, 0.15) is 40.7 Å². The standard InChI is InChI=1S/C17H21NO3/c1-13-5-6-14(4-2-3-11-19)16(12-13)17(21)18-9-7-15(20)8-10-18/h5-6,12,15,19-20H,3,7-11H2,1H3. The third kappa shape index (κ3) is 4.07. The third-order valence-electron chi connectivity index (χ3n) is 3.62. The normalized spacial score (nSPS) is 15.5. The first-order chi connectivity index (χ1) is 10.1. The Hall–Kier alpha value is -1.83. The zero-order valence-corrected chi connectivity index (χ0v) is 12.3. The second-order valence-electron chi connectivity index (χ2n) is 5.35. The number of carbonyl (C=O) groups excluding carboxylic acids is 1. The number of aliphatic hydroxyl groups excluding tert-OH is 2. The summed E-state index contributed by atoms with van der Waals surface area (Å²) in [6.45, 7) is 3.13. The first-order valence-corrected chi connectivity index (χ1v) is 7.29. The molecule has 0 unspecified atom stereocenters. The number of amides is 1. The van der Waals surface area contributed by atoms with Gasteiger partial charge in [-0.25, -0.2) is 0 Å². The van der Waals surface area contributed by atoms with E-state index in [0.29, 0.717) is 43.5 Å². The first-order valence-electron chi connectivity index (χ1n) is 7.29. The van der Waals surface area contributed by atoms with Crippen molar-refractivity contribution < 1.29 is 15.0 Å². The van der Waals surface area contributed by atoms with Gasteiger partial charge in [-0.15, -0.1) is 0 Å². The first kappa shape index (κ1) is 15.6. The van der Waals surface area contributed by atoms with Gasteiger partial charge in [-0.2, -0.15) is 0 Å². The fourth-order valence-electron chi connectivity index (χ4n) is 2.40. The quantitative estimate of drug-likeness (QED) is 0.807. The van der Waals surface area contributed by atoms with Crippen molar-refractivity contribution in [3.63, 3.8) is 0 Å². The maximum absolute atomic E-state index is 12.6. The van der Waals surface area contributed by atoms with Crippen molar-refractivity contribution in [1.82, 2.24) is 4.90 Å². The zero-order chi connectivity index (χ0) is 15.2.